The second-order valence-electron chi connectivity index (χ2n) is 8.16. The molecule has 1 aliphatic rings. The summed E-state index contributed by atoms with van der Waals surface area (Å²) in [6, 6.07) is 7.31. The number of hydrogen-bond donors (Lipinski definition) is 1. The monoisotopic (exact) mass is 554 g/mol. The molecule has 1 aromatic heterocycles. The quantitative estimate of drug-likeness (QED) is 0.476. The lowest BCUT2D eigenvalue weighted by Gasteiger charge is -2.18. The minimum Gasteiger partial charge on any atom is -0.471 e. The number of amides is 1. The Kier molecular flexibility index (Phi) is 7.22. The number of halogens is 3. The molecule has 0 fully saturated rings. The smallest absolute Gasteiger partial charge is 0.280 e. The molecule has 4 rings (SSSR count). The van der Waals surface area contributed by atoms with Gasteiger partial charge in [0.25, 0.3) is 5.56 Å². The van der Waals surface area contributed by atoms with Gasteiger partial charge in [0.15, 0.2) is 5.02 Å². The molecule has 3 aromatic rings. The highest BCUT2D eigenvalue weighted by atomic mass is 35.5. The average Bonchev–Trinajstić information content (AvgIpc) is 3.21. The summed E-state index contributed by atoms with van der Waals surface area (Å²) in [5.74, 6) is -2.21. The molecule has 1 amide bonds. The number of carbonyl (C=O) groups is 1. The average molecular weight is 555 g/mol. The van der Waals surface area contributed by atoms with Crippen LogP contribution in [-0.4, -0.2) is 48.5 Å². The molecule has 2 heterocycles. The van der Waals surface area contributed by atoms with Gasteiger partial charge in [0.2, 0.25) is 21.8 Å². The van der Waals surface area contributed by atoms with Crippen LogP contribution in [0, 0.1) is 18.6 Å². The van der Waals surface area contributed by atoms with E-state index >= 15 is 0 Å². The number of aliphatic hydroxyl groups is 1. The molecule has 196 valence electrons. The maximum Gasteiger partial charge on any atom is 0.280 e. The summed E-state index contributed by atoms with van der Waals surface area (Å²) in [7, 11) is -3.73. The molecule has 0 radical (unpaired) electrons. The molecule has 0 spiro atoms. The molecule has 0 atom stereocenters. The van der Waals surface area contributed by atoms with E-state index in [1.54, 1.807) is 0 Å². The van der Waals surface area contributed by atoms with Crippen molar-refractivity contribution >= 4 is 38.9 Å². The van der Waals surface area contributed by atoms with Gasteiger partial charge in [0.1, 0.15) is 30.7 Å². The third-order valence-corrected chi connectivity index (χ3v) is 7.05. The van der Waals surface area contributed by atoms with E-state index in [1.165, 1.54) is 36.1 Å². The van der Waals surface area contributed by atoms with Gasteiger partial charge in [-0.2, -0.15) is 4.98 Å². The molecule has 14 heteroatoms. The lowest BCUT2D eigenvalue weighted by Crippen LogP contribution is -2.38. The van der Waals surface area contributed by atoms with Crippen LogP contribution in [0.25, 0.3) is 5.69 Å². The van der Waals surface area contributed by atoms with Gasteiger partial charge >= 0.3 is 0 Å². The number of nitrogens with zero attached hydrogens (tertiary/aromatic N) is 4. The molecule has 0 saturated carbocycles. The van der Waals surface area contributed by atoms with Crippen molar-refractivity contribution < 1.29 is 31.8 Å². The van der Waals surface area contributed by atoms with Crippen molar-refractivity contribution in [3.63, 3.8) is 0 Å². The number of sulfonamides is 1. The Balaban J connectivity index is 1.72. The lowest BCUT2D eigenvalue weighted by atomic mass is 10.2. The zero-order chi connectivity index (χ0) is 27.1. The third-order valence-electron chi connectivity index (χ3n) is 5.62. The molecule has 2 aromatic carbocycles. The van der Waals surface area contributed by atoms with Crippen molar-refractivity contribution in [1.29, 1.82) is 0 Å². The second kappa shape index (κ2) is 10.1. The minimum absolute atomic E-state index is 0.0304. The number of aliphatic hydroxyl groups excluding tert-OH is 1. The summed E-state index contributed by atoms with van der Waals surface area (Å²) in [4.78, 5) is 31.1. The van der Waals surface area contributed by atoms with Crippen LogP contribution in [0.15, 0.2) is 41.2 Å². The first-order valence-electron chi connectivity index (χ1n) is 10.8. The second-order valence-corrected chi connectivity index (χ2v) is 10.4. The van der Waals surface area contributed by atoms with Gasteiger partial charge in [-0.05, 0) is 37.3 Å². The highest BCUT2D eigenvalue weighted by Gasteiger charge is 2.35. The zero-order valence-electron chi connectivity index (χ0n) is 19.6. The lowest BCUT2D eigenvalue weighted by molar-refractivity contribution is -0.119. The molecule has 10 nitrogen and oxygen atoms in total. The number of anilines is 2. The standard InChI is InChI=1S/C23H21ClF2N4O6S/c1-13-27-22(36-11-14-3-4-15(25)9-17(14)26)21(24)23(33)30(13)16-5-6-18-19(10-16)28(20(32)7-8-31)12-29(18)37(2,34)35/h3-6,9-10,31H,7-8,11-12H2,1-2H3. The van der Waals surface area contributed by atoms with Gasteiger partial charge in [0, 0.05) is 11.6 Å². The van der Waals surface area contributed by atoms with Gasteiger partial charge in [-0.3, -0.25) is 19.1 Å². The number of fused-ring (bicyclic) bond motifs is 1. The first kappa shape index (κ1) is 26.5. The molecular weight excluding hydrogens is 534 g/mol. The van der Waals surface area contributed by atoms with Gasteiger partial charge < -0.3 is 9.84 Å². The number of carbonyl (C=O) groups excluding carboxylic acids is 1. The Bertz CT molecular complexity index is 1560. The Morgan fingerprint density at radius 2 is 1.92 bits per heavy atom. The van der Waals surface area contributed by atoms with Crippen molar-refractivity contribution in [2.24, 2.45) is 0 Å². The van der Waals surface area contributed by atoms with E-state index in [2.05, 4.69) is 4.98 Å². The fraction of sp³-hybridized carbons (Fsp3) is 0.261. The van der Waals surface area contributed by atoms with Crippen LogP contribution in [0.2, 0.25) is 5.02 Å². The molecule has 0 aliphatic carbocycles. The van der Waals surface area contributed by atoms with E-state index in [-0.39, 0.29) is 54.0 Å². The Labute approximate surface area is 215 Å². The molecule has 1 aliphatic heterocycles. The summed E-state index contributed by atoms with van der Waals surface area (Å²) >= 11 is 6.22. The largest absolute Gasteiger partial charge is 0.471 e. The summed E-state index contributed by atoms with van der Waals surface area (Å²) in [6.45, 7) is 0.429. The van der Waals surface area contributed by atoms with E-state index in [4.69, 9.17) is 16.3 Å². The normalized spacial score (nSPS) is 13.1. The highest BCUT2D eigenvalue weighted by molar-refractivity contribution is 7.92. The summed E-state index contributed by atoms with van der Waals surface area (Å²) < 4.78 is 59.2. The van der Waals surface area contributed by atoms with Crippen LogP contribution in [0.5, 0.6) is 5.88 Å². The number of benzene rings is 2. The number of ether oxygens (including phenoxy) is 1. The molecule has 0 unspecified atom stereocenters. The predicted molar refractivity (Wildman–Crippen MR) is 132 cm³/mol. The molecule has 1 N–H and O–H groups in total. The maximum absolute atomic E-state index is 13.9. The maximum atomic E-state index is 13.9. The number of aromatic nitrogens is 2. The van der Waals surface area contributed by atoms with Crippen molar-refractivity contribution in [3.8, 4) is 11.6 Å². The number of rotatable bonds is 7. The Morgan fingerprint density at radius 1 is 1.19 bits per heavy atom. The van der Waals surface area contributed by atoms with E-state index in [0.29, 0.717) is 6.07 Å². The van der Waals surface area contributed by atoms with Crippen LogP contribution >= 0.6 is 11.6 Å². The predicted octanol–water partition coefficient (Wildman–Crippen LogP) is 2.50. The van der Waals surface area contributed by atoms with Crippen molar-refractivity contribution in [2.75, 3.05) is 28.7 Å². The van der Waals surface area contributed by atoms with Crippen LogP contribution < -0.4 is 19.5 Å². The molecular formula is C23H21ClF2N4O6S. The zero-order valence-corrected chi connectivity index (χ0v) is 21.2. The van der Waals surface area contributed by atoms with E-state index in [0.717, 1.165) is 21.2 Å². The first-order chi connectivity index (χ1) is 17.4. The fourth-order valence-electron chi connectivity index (χ4n) is 3.85. The summed E-state index contributed by atoms with van der Waals surface area (Å²) in [5.41, 5.74) is -0.0129. The van der Waals surface area contributed by atoms with Crippen LogP contribution in [-0.2, 0) is 21.4 Å². The van der Waals surface area contributed by atoms with E-state index < -0.39 is 44.8 Å². The van der Waals surface area contributed by atoms with Crippen LogP contribution in [0.1, 0.15) is 17.8 Å². The SMILES string of the molecule is Cc1nc(OCc2ccc(F)cc2F)c(Cl)c(=O)n1-c1ccc2c(c1)N(C(=O)CCO)CN2S(C)(=O)=O. The fourth-order valence-corrected chi connectivity index (χ4v) is 4.87. The van der Waals surface area contributed by atoms with Crippen molar-refractivity contribution in [3.05, 3.63) is 74.8 Å². The van der Waals surface area contributed by atoms with Crippen molar-refractivity contribution in [2.45, 2.75) is 20.0 Å². The van der Waals surface area contributed by atoms with Gasteiger partial charge in [-0.25, -0.2) is 21.5 Å². The highest BCUT2D eigenvalue weighted by Crippen LogP contribution is 2.39. The molecule has 0 bridgehead atoms. The number of hydrogen-bond acceptors (Lipinski definition) is 7. The first-order valence-corrected chi connectivity index (χ1v) is 13.0. The minimum atomic E-state index is -3.73. The van der Waals surface area contributed by atoms with Crippen molar-refractivity contribution in [1.82, 2.24) is 9.55 Å². The third kappa shape index (κ3) is 5.15. The van der Waals surface area contributed by atoms with Crippen LogP contribution in [0.3, 0.4) is 0 Å². The molecule has 37 heavy (non-hydrogen) atoms. The summed E-state index contributed by atoms with van der Waals surface area (Å²) in [5, 5.41) is 8.78. The van der Waals surface area contributed by atoms with Gasteiger partial charge in [-0.15, -0.1) is 0 Å². The van der Waals surface area contributed by atoms with E-state index in [9.17, 15) is 31.9 Å². The summed E-state index contributed by atoms with van der Waals surface area (Å²) in [6.07, 6.45) is 0.772. The Hall–Kier alpha value is -3.55. The Morgan fingerprint density at radius 3 is 2.57 bits per heavy atom. The van der Waals surface area contributed by atoms with Gasteiger partial charge in [-0.1, -0.05) is 11.6 Å². The topological polar surface area (TPSA) is 122 Å². The van der Waals surface area contributed by atoms with E-state index in [1.807, 2.05) is 0 Å². The van der Waals surface area contributed by atoms with Gasteiger partial charge in [0.05, 0.1) is 36.3 Å². The number of aryl methyl sites for hydroxylation is 1. The van der Waals surface area contributed by atoms with Crippen LogP contribution in [0.4, 0.5) is 20.2 Å². The molecule has 0 saturated heterocycles.